The number of fused-ring (bicyclic) bond motifs is 1. The van der Waals surface area contributed by atoms with Crippen molar-refractivity contribution in [2.24, 2.45) is 0 Å². The molecule has 0 aliphatic rings. The van der Waals surface area contributed by atoms with E-state index >= 15 is 0 Å². The molecule has 0 bridgehead atoms. The number of aromatic nitrogens is 3. The molecule has 0 spiro atoms. The van der Waals surface area contributed by atoms with Gasteiger partial charge >= 0.3 is 6.18 Å². The fraction of sp³-hybridized carbons (Fsp3) is 0.400. The monoisotopic (exact) mass is 260 g/mol. The zero-order valence-electron chi connectivity index (χ0n) is 9.53. The van der Waals surface area contributed by atoms with Crippen LogP contribution in [0.4, 0.5) is 19.0 Å². The zero-order valence-corrected chi connectivity index (χ0v) is 9.53. The first-order chi connectivity index (χ1) is 8.52. The van der Waals surface area contributed by atoms with Gasteiger partial charge in [0, 0.05) is 32.2 Å². The summed E-state index contributed by atoms with van der Waals surface area (Å²) in [5, 5.41) is 2.87. The summed E-state index contributed by atoms with van der Waals surface area (Å²) in [6, 6.07) is 0. The van der Waals surface area contributed by atoms with E-state index in [2.05, 4.69) is 15.3 Å². The standard InChI is InChI=1S/C10H11F3N4O/c1-18-5-3-15-8-9-16-7(10(11,12)13)6-17(9)4-2-14-8/h2,4,6H,3,5H2,1H3,(H,14,15). The van der Waals surface area contributed by atoms with E-state index in [0.29, 0.717) is 19.0 Å². The second-order valence-electron chi connectivity index (χ2n) is 3.55. The van der Waals surface area contributed by atoms with Gasteiger partial charge in [0.1, 0.15) is 0 Å². The van der Waals surface area contributed by atoms with Crippen LogP contribution in [0.1, 0.15) is 5.69 Å². The first-order valence-corrected chi connectivity index (χ1v) is 5.16. The zero-order chi connectivity index (χ0) is 13.2. The molecule has 0 radical (unpaired) electrons. The number of alkyl halides is 3. The molecule has 18 heavy (non-hydrogen) atoms. The molecule has 0 aromatic carbocycles. The van der Waals surface area contributed by atoms with Crippen LogP contribution in [0.3, 0.4) is 0 Å². The number of imidazole rings is 1. The number of nitrogens with one attached hydrogen (secondary N) is 1. The van der Waals surface area contributed by atoms with Gasteiger partial charge in [-0.1, -0.05) is 0 Å². The first-order valence-electron chi connectivity index (χ1n) is 5.16. The summed E-state index contributed by atoms with van der Waals surface area (Å²) in [7, 11) is 1.53. The molecular formula is C10H11F3N4O. The number of hydrogen-bond acceptors (Lipinski definition) is 4. The van der Waals surface area contributed by atoms with Crippen molar-refractivity contribution in [3.05, 3.63) is 24.3 Å². The van der Waals surface area contributed by atoms with Crippen molar-refractivity contribution in [2.45, 2.75) is 6.18 Å². The molecule has 2 aromatic heterocycles. The van der Waals surface area contributed by atoms with Crippen molar-refractivity contribution < 1.29 is 17.9 Å². The number of ether oxygens (including phenoxy) is 1. The van der Waals surface area contributed by atoms with Gasteiger partial charge < -0.3 is 14.5 Å². The number of anilines is 1. The molecule has 0 atom stereocenters. The maximum atomic E-state index is 12.5. The Balaban J connectivity index is 2.33. The van der Waals surface area contributed by atoms with Crippen molar-refractivity contribution in [3.63, 3.8) is 0 Å². The van der Waals surface area contributed by atoms with Gasteiger partial charge in [-0.2, -0.15) is 13.2 Å². The Hall–Kier alpha value is -1.83. The molecule has 98 valence electrons. The van der Waals surface area contributed by atoms with Gasteiger partial charge in [0.05, 0.1) is 6.61 Å². The SMILES string of the molecule is COCCNc1nccn2cc(C(F)(F)F)nc12. The van der Waals surface area contributed by atoms with Crippen molar-refractivity contribution >= 4 is 11.5 Å². The maximum Gasteiger partial charge on any atom is 0.434 e. The van der Waals surface area contributed by atoms with Crippen LogP contribution in [-0.4, -0.2) is 34.6 Å². The van der Waals surface area contributed by atoms with Gasteiger partial charge in [-0.05, 0) is 0 Å². The Labute approximate surface area is 101 Å². The minimum Gasteiger partial charge on any atom is -0.383 e. The number of methoxy groups -OCH3 is 1. The molecule has 5 nitrogen and oxygen atoms in total. The highest BCUT2D eigenvalue weighted by Gasteiger charge is 2.34. The molecule has 2 rings (SSSR count). The summed E-state index contributed by atoms with van der Waals surface area (Å²) < 4.78 is 43.7. The molecule has 0 fully saturated rings. The number of halogens is 3. The molecule has 0 amide bonds. The van der Waals surface area contributed by atoms with Gasteiger partial charge in [0.25, 0.3) is 0 Å². The number of hydrogen-bond donors (Lipinski definition) is 1. The predicted octanol–water partition coefficient (Wildman–Crippen LogP) is 1.81. The second-order valence-corrected chi connectivity index (χ2v) is 3.55. The van der Waals surface area contributed by atoms with Crippen LogP contribution in [0.2, 0.25) is 0 Å². The molecule has 8 heteroatoms. The van der Waals surface area contributed by atoms with E-state index in [-0.39, 0.29) is 5.65 Å². The fourth-order valence-corrected chi connectivity index (χ4v) is 1.45. The predicted molar refractivity (Wildman–Crippen MR) is 58.4 cm³/mol. The number of nitrogens with zero attached hydrogens (tertiary/aromatic N) is 3. The van der Waals surface area contributed by atoms with Crippen LogP contribution >= 0.6 is 0 Å². The second kappa shape index (κ2) is 4.81. The maximum absolute atomic E-state index is 12.5. The third-order valence-corrected chi connectivity index (χ3v) is 2.26. The van der Waals surface area contributed by atoms with Crippen LogP contribution in [0.5, 0.6) is 0 Å². The molecule has 0 aliphatic heterocycles. The summed E-state index contributed by atoms with van der Waals surface area (Å²) in [6.45, 7) is 0.868. The largest absolute Gasteiger partial charge is 0.434 e. The quantitative estimate of drug-likeness (QED) is 0.852. The van der Waals surface area contributed by atoms with Crippen LogP contribution < -0.4 is 5.32 Å². The summed E-state index contributed by atoms with van der Waals surface area (Å²) in [5.41, 5.74) is -0.800. The topological polar surface area (TPSA) is 51.5 Å². The lowest BCUT2D eigenvalue weighted by atomic mass is 10.5. The minimum atomic E-state index is -4.46. The Morgan fingerprint density at radius 3 is 2.89 bits per heavy atom. The molecule has 0 saturated heterocycles. The smallest absolute Gasteiger partial charge is 0.383 e. The van der Waals surface area contributed by atoms with E-state index in [1.165, 1.54) is 23.9 Å². The Morgan fingerprint density at radius 1 is 1.44 bits per heavy atom. The Bertz CT molecular complexity index is 537. The van der Waals surface area contributed by atoms with E-state index in [1.807, 2.05) is 0 Å². The lowest BCUT2D eigenvalue weighted by molar-refractivity contribution is -0.140. The molecule has 0 unspecified atom stereocenters. The van der Waals surface area contributed by atoms with E-state index in [1.54, 1.807) is 0 Å². The van der Waals surface area contributed by atoms with Gasteiger partial charge in [-0.15, -0.1) is 0 Å². The Kier molecular flexibility index (Phi) is 3.37. The lowest BCUT2D eigenvalue weighted by Crippen LogP contribution is -2.10. The van der Waals surface area contributed by atoms with Crippen LogP contribution in [0.25, 0.3) is 5.65 Å². The molecule has 0 saturated carbocycles. The summed E-state index contributed by atoms with van der Waals surface area (Å²) in [4.78, 5) is 7.49. The van der Waals surface area contributed by atoms with Crippen LogP contribution in [0.15, 0.2) is 18.6 Å². The summed E-state index contributed by atoms with van der Waals surface area (Å²) in [6.07, 6.45) is -0.711. The van der Waals surface area contributed by atoms with E-state index < -0.39 is 11.9 Å². The van der Waals surface area contributed by atoms with E-state index in [9.17, 15) is 13.2 Å². The average molecular weight is 260 g/mol. The summed E-state index contributed by atoms with van der Waals surface area (Å²) in [5.74, 6) is 0.296. The molecular weight excluding hydrogens is 249 g/mol. The third-order valence-electron chi connectivity index (χ3n) is 2.26. The third kappa shape index (κ3) is 2.53. The van der Waals surface area contributed by atoms with Gasteiger partial charge in [-0.25, -0.2) is 9.97 Å². The first kappa shape index (κ1) is 12.6. The number of rotatable bonds is 4. The Morgan fingerprint density at radius 2 is 2.22 bits per heavy atom. The highest BCUT2D eigenvalue weighted by atomic mass is 19.4. The highest BCUT2D eigenvalue weighted by molar-refractivity contribution is 5.62. The van der Waals surface area contributed by atoms with Crippen molar-refractivity contribution in [2.75, 3.05) is 25.6 Å². The molecule has 2 aromatic rings. The normalized spacial score (nSPS) is 12.0. The summed E-state index contributed by atoms with van der Waals surface area (Å²) >= 11 is 0. The molecule has 1 N–H and O–H groups in total. The average Bonchev–Trinajstić information content (AvgIpc) is 2.73. The van der Waals surface area contributed by atoms with Gasteiger partial charge in [0.2, 0.25) is 0 Å². The molecule has 0 aliphatic carbocycles. The minimum absolute atomic E-state index is 0.140. The fourth-order valence-electron chi connectivity index (χ4n) is 1.45. The van der Waals surface area contributed by atoms with E-state index in [0.717, 1.165) is 6.20 Å². The van der Waals surface area contributed by atoms with Crippen LogP contribution in [0, 0.1) is 0 Å². The highest BCUT2D eigenvalue weighted by Crippen LogP contribution is 2.29. The van der Waals surface area contributed by atoms with Gasteiger partial charge in [-0.3, -0.25) is 0 Å². The lowest BCUT2D eigenvalue weighted by Gasteiger charge is -2.05. The van der Waals surface area contributed by atoms with Crippen molar-refractivity contribution in [1.29, 1.82) is 0 Å². The van der Waals surface area contributed by atoms with Gasteiger partial charge in [0.15, 0.2) is 17.2 Å². The molecule has 2 heterocycles. The van der Waals surface area contributed by atoms with Crippen LogP contribution in [-0.2, 0) is 10.9 Å². The van der Waals surface area contributed by atoms with E-state index in [4.69, 9.17) is 4.74 Å². The van der Waals surface area contributed by atoms with Crippen molar-refractivity contribution in [3.8, 4) is 0 Å². The van der Waals surface area contributed by atoms with Crippen molar-refractivity contribution in [1.82, 2.24) is 14.4 Å².